The summed E-state index contributed by atoms with van der Waals surface area (Å²) in [6, 6.07) is 5.99. The Morgan fingerprint density at radius 3 is 2.89 bits per heavy atom. The number of aromatic nitrogens is 2. The number of hydrogen-bond acceptors (Lipinski definition) is 5. The molecule has 2 aromatic rings. The van der Waals surface area contributed by atoms with Crippen molar-refractivity contribution in [2.24, 2.45) is 0 Å². The van der Waals surface area contributed by atoms with Crippen molar-refractivity contribution in [2.45, 2.75) is 13.8 Å². The maximum atomic E-state index is 5.98. The molecule has 0 bridgehead atoms. The van der Waals surface area contributed by atoms with Crippen LogP contribution < -0.4 is 15.8 Å². The van der Waals surface area contributed by atoms with Gasteiger partial charge in [-0.25, -0.2) is 4.98 Å². The van der Waals surface area contributed by atoms with Crippen LogP contribution in [0.15, 0.2) is 29.0 Å². The molecule has 0 aliphatic rings. The van der Waals surface area contributed by atoms with E-state index in [1.54, 1.807) is 0 Å². The maximum absolute atomic E-state index is 5.98. The van der Waals surface area contributed by atoms with Gasteiger partial charge in [0.25, 0.3) is 0 Å². The largest absolute Gasteiger partial charge is 0.476 e. The number of nitrogens with two attached hydrogens (primary N) is 1. The minimum absolute atomic E-state index is 0.392. The molecule has 0 amide bonds. The lowest BCUT2D eigenvalue weighted by Gasteiger charge is -2.12. The molecule has 0 saturated heterocycles. The van der Waals surface area contributed by atoms with Crippen molar-refractivity contribution in [3.63, 3.8) is 0 Å². The summed E-state index contributed by atoms with van der Waals surface area (Å²) in [6.45, 7) is 4.41. The highest BCUT2D eigenvalue weighted by atomic mass is 79.9. The molecule has 3 N–H and O–H groups in total. The van der Waals surface area contributed by atoms with Gasteiger partial charge in [-0.15, -0.1) is 0 Å². The van der Waals surface area contributed by atoms with E-state index in [2.05, 4.69) is 31.2 Å². The molecule has 1 aromatic carbocycles. The summed E-state index contributed by atoms with van der Waals surface area (Å²) in [7, 11) is 0. The summed E-state index contributed by atoms with van der Waals surface area (Å²) in [5.41, 5.74) is 8.42. The number of rotatable bonds is 4. The zero-order chi connectivity index (χ0) is 13.8. The van der Waals surface area contributed by atoms with Crippen LogP contribution in [-0.2, 0) is 0 Å². The minimum Gasteiger partial charge on any atom is -0.476 e. The van der Waals surface area contributed by atoms with Gasteiger partial charge in [-0.3, -0.25) is 0 Å². The Balaban J connectivity index is 2.33. The van der Waals surface area contributed by atoms with Crippen LogP contribution in [0.25, 0.3) is 0 Å². The SMILES string of the molecule is CCOc1ncnc(Nc2cc(C)ccc2Br)c1N. The first-order valence-electron chi connectivity index (χ1n) is 5.88. The van der Waals surface area contributed by atoms with E-state index in [1.165, 1.54) is 6.33 Å². The van der Waals surface area contributed by atoms with Gasteiger partial charge in [0, 0.05) is 4.47 Å². The Kier molecular flexibility index (Phi) is 4.21. The third-order valence-electron chi connectivity index (χ3n) is 2.50. The highest BCUT2D eigenvalue weighted by molar-refractivity contribution is 9.10. The predicted octanol–water partition coefficient (Wildman–Crippen LogP) is 3.27. The van der Waals surface area contributed by atoms with Crippen LogP contribution in [0, 0.1) is 6.92 Å². The van der Waals surface area contributed by atoms with E-state index in [0.29, 0.717) is 24.0 Å². The van der Waals surface area contributed by atoms with Gasteiger partial charge in [-0.2, -0.15) is 4.98 Å². The Morgan fingerprint density at radius 1 is 1.37 bits per heavy atom. The van der Waals surface area contributed by atoms with Gasteiger partial charge in [0.1, 0.15) is 12.0 Å². The van der Waals surface area contributed by atoms with Crippen LogP contribution in [0.4, 0.5) is 17.2 Å². The Morgan fingerprint density at radius 2 is 2.16 bits per heavy atom. The first kappa shape index (κ1) is 13.6. The molecule has 0 spiro atoms. The second-order valence-electron chi connectivity index (χ2n) is 3.98. The molecule has 6 heteroatoms. The molecule has 0 aliphatic heterocycles. The molecular formula is C13H15BrN4O. The predicted molar refractivity (Wildman–Crippen MR) is 79.8 cm³/mol. The molecular weight excluding hydrogens is 308 g/mol. The number of benzene rings is 1. The van der Waals surface area contributed by atoms with E-state index in [-0.39, 0.29) is 0 Å². The van der Waals surface area contributed by atoms with Crippen LogP contribution in [0.2, 0.25) is 0 Å². The number of halogens is 1. The highest BCUT2D eigenvalue weighted by Gasteiger charge is 2.10. The number of nitrogens with zero attached hydrogens (tertiary/aromatic N) is 2. The third kappa shape index (κ3) is 3.14. The fraction of sp³-hybridized carbons (Fsp3) is 0.231. The first-order chi connectivity index (χ1) is 9.11. The maximum Gasteiger partial charge on any atom is 0.242 e. The summed E-state index contributed by atoms with van der Waals surface area (Å²) < 4.78 is 6.28. The molecule has 0 unspecified atom stereocenters. The van der Waals surface area contributed by atoms with Crippen LogP contribution >= 0.6 is 15.9 Å². The number of nitrogen functional groups attached to an aromatic ring is 1. The Bertz CT molecular complexity index is 589. The zero-order valence-electron chi connectivity index (χ0n) is 10.8. The van der Waals surface area contributed by atoms with Gasteiger partial charge in [-0.1, -0.05) is 6.07 Å². The Hall–Kier alpha value is -1.82. The standard InChI is InChI=1S/C13H15BrN4O/c1-3-19-13-11(15)12(16-7-17-13)18-10-6-8(2)4-5-9(10)14/h4-7H,3,15H2,1-2H3,(H,16,17,18). The van der Waals surface area contributed by atoms with E-state index in [9.17, 15) is 0 Å². The monoisotopic (exact) mass is 322 g/mol. The van der Waals surface area contributed by atoms with Crippen molar-refractivity contribution in [1.82, 2.24) is 9.97 Å². The molecule has 0 fully saturated rings. The van der Waals surface area contributed by atoms with E-state index in [1.807, 2.05) is 32.0 Å². The van der Waals surface area contributed by atoms with Crippen molar-refractivity contribution >= 4 is 33.1 Å². The van der Waals surface area contributed by atoms with Crippen LogP contribution in [0.1, 0.15) is 12.5 Å². The summed E-state index contributed by atoms with van der Waals surface area (Å²) in [5.74, 6) is 0.925. The average Bonchev–Trinajstić information content (AvgIpc) is 2.39. The van der Waals surface area contributed by atoms with Crippen molar-refractivity contribution < 1.29 is 4.74 Å². The molecule has 0 radical (unpaired) electrons. The van der Waals surface area contributed by atoms with Crippen LogP contribution in [0.3, 0.4) is 0 Å². The van der Waals surface area contributed by atoms with Gasteiger partial charge < -0.3 is 15.8 Å². The van der Waals surface area contributed by atoms with Crippen LogP contribution in [-0.4, -0.2) is 16.6 Å². The normalized spacial score (nSPS) is 10.3. The van der Waals surface area contributed by atoms with E-state index in [4.69, 9.17) is 10.5 Å². The van der Waals surface area contributed by atoms with E-state index in [0.717, 1.165) is 15.7 Å². The van der Waals surface area contributed by atoms with Gasteiger partial charge in [-0.05, 0) is 47.5 Å². The molecule has 5 nitrogen and oxygen atoms in total. The van der Waals surface area contributed by atoms with Gasteiger partial charge in [0.15, 0.2) is 5.82 Å². The minimum atomic E-state index is 0.392. The molecule has 100 valence electrons. The quantitative estimate of drug-likeness (QED) is 0.903. The summed E-state index contributed by atoms with van der Waals surface area (Å²) >= 11 is 3.48. The van der Waals surface area contributed by atoms with Crippen molar-refractivity contribution in [1.29, 1.82) is 0 Å². The molecule has 0 saturated carbocycles. The highest BCUT2D eigenvalue weighted by Crippen LogP contribution is 2.31. The molecule has 1 aromatic heterocycles. The number of anilines is 3. The van der Waals surface area contributed by atoms with Crippen molar-refractivity contribution in [3.05, 3.63) is 34.6 Å². The van der Waals surface area contributed by atoms with Gasteiger partial charge in [0.2, 0.25) is 5.88 Å². The lowest BCUT2D eigenvalue weighted by Crippen LogP contribution is -2.05. The molecule has 0 aliphatic carbocycles. The summed E-state index contributed by atoms with van der Waals surface area (Å²) in [6.07, 6.45) is 1.42. The molecule has 0 atom stereocenters. The number of ether oxygens (including phenoxy) is 1. The van der Waals surface area contributed by atoms with Crippen molar-refractivity contribution in [3.8, 4) is 5.88 Å². The smallest absolute Gasteiger partial charge is 0.242 e. The second-order valence-corrected chi connectivity index (χ2v) is 4.84. The van der Waals surface area contributed by atoms with Crippen LogP contribution in [0.5, 0.6) is 5.88 Å². The number of hydrogen-bond donors (Lipinski definition) is 2. The first-order valence-corrected chi connectivity index (χ1v) is 6.67. The topological polar surface area (TPSA) is 73.1 Å². The fourth-order valence-corrected chi connectivity index (χ4v) is 1.94. The van der Waals surface area contributed by atoms with Crippen molar-refractivity contribution in [2.75, 3.05) is 17.7 Å². The van der Waals surface area contributed by atoms with Gasteiger partial charge >= 0.3 is 0 Å². The second kappa shape index (κ2) is 5.88. The lowest BCUT2D eigenvalue weighted by atomic mass is 10.2. The number of aryl methyl sites for hydroxylation is 1. The summed E-state index contributed by atoms with van der Waals surface area (Å²) in [4.78, 5) is 8.14. The molecule has 1 heterocycles. The molecule has 2 rings (SSSR count). The van der Waals surface area contributed by atoms with Gasteiger partial charge in [0.05, 0.1) is 12.3 Å². The fourth-order valence-electron chi connectivity index (χ4n) is 1.59. The average molecular weight is 323 g/mol. The molecule has 19 heavy (non-hydrogen) atoms. The lowest BCUT2D eigenvalue weighted by molar-refractivity contribution is 0.328. The zero-order valence-corrected chi connectivity index (χ0v) is 12.4. The Labute approximate surface area is 120 Å². The van der Waals surface area contributed by atoms with E-state index < -0.39 is 0 Å². The van der Waals surface area contributed by atoms with E-state index >= 15 is 0 Å². The third-order valence-corrected chi connectivity index (χ3v) is 3.19. The summed E-state index contributed by atoms with van der Waals surface area (Å²) in [5, 5.41) is 3.18. The number of nitrogens with one attached hydrogen (secondary N) is 1.